The molecule has 0 fully saturated rings. The summed E-state index contributed by atoms with van der Waals surface area (Å²) in [5.41, 5.74) is 0. The van der Waals surface area contributed by atoms with Crippen LogP contribution in [0.4, 0.5) is 0 Å². The van der Waals surface area contributed by atoms with Crippen molar-refractivity contribution in [2.45, 2.75) is 0 Å². The molecule has 3 N–H and O–H groups in total. The molecule has 0 aromatic carbocycles. The Morgan fingerprint density at radius 2 is 1.60 bits per heavy atom. The van der Waals surface area contributed by atoms with Crippen molar-refractivity contribution in [2.24, 2.45) is 5.90 Å². The van der Waals surface area contributed by atoms with Crippen LogP contribution >= 0.6 is 0 Å². The van der Waals surface area contributed by atoms with E-state index in [4.69, 9.17) is 4.55 Å². The van der Waals surface area contributed by atoms with Gasteiger partial charge in [-0.25, -0.2) is 0 Å². The van der Waals surface area contributed by atoms with E-state index in [0.717, 1.165) is 0 Å². The highest BCUT2D eigenvalue weighted by Crippen LogP contribution is 1.96. The maximum Gasteiger partial charge on any atom is 0.432 e. The van der Waals surface area contributed by atoms with Crippen molar-refractivity contribution >= 4 is 20.8 Å². The summed E-state index contributed by atoms with van der Waals surface area (Å²) in [4.78, 5) is 0. The predicted octanol–water partition coefficient (Wildman–Crippen LogP) is -2.06. The Labute approximate surface area is 56.8 Å². The van der Waals surface area contributed by atoms with Gasteiger partial charge in [0, 0.05) is 0 Å². The van der Waals surface area contributed by atoms with Crippen molar-refractivity contribution in [3.63, 3.8) is 0 Å². The number of nitrogens with two attached hydrogens (primary N) is 1. The van der Waals surface area contributed by atoms with Gasteiger partial charge in [-0.15, -0.1) is 0 Å². The monoisotopic (exact) mass is 193 g/mol. The van der Waals surface area contributed by atoms with E-state index in [1.807, 2.05) is 0 Å². The van der Waals surface area contributed by atoms with Gasteiger partial charge in [-0.3, -0.25) is 4.55 Å². The average Bonchev–Trinajstić information content (AvgIpc) is 1.60. The van der Waals surface area contributed by atoms with Gasteiger partial charge in [-0.2, -0.15) is 27.0 Å². The molecular weight excluding hydrogens is 190 g/mol. The van der Waals surface area contributed by atoms with E-state index >= 15 is 0 Å². The molecule has 0 heterocycles. The van der Waals surface area contributed by atoms with Crippen LogP contribution in [0.2, 0.25) is 0 Å². The summed E-state index contributed by atoms with van der Waals surface area (Å²) in [5.74, 6) is 4.02. The Kier molecular flexibility index (Phi) is 2.70. The van der Waals surface area contributed by atoms with Gasteiger partial charge in [0.25, 0.3) is 0 Å². The molecule has 0 atom stereocenters. The molecule has 0 aromatic heterocycles. The van der Waals surface area contributed by atoms with Crippen molar-refractivity contribution in [3.05, 3.63) is 0 Å². The Morgan fingerprint density at radius 3 is 1.70 bits per heavy atom. The fourth-order valence-electron chi connectivity index (χ4n) is 0.121. The highest BCUT2D eigenvalue weighted by Gasteiger charge is 2.19. The van der Waals surface area contributed by atoms with Crippen LogP contribution < -0.4 is 5.90 Å². The molecule has 0 saturated heterocycles. The first-order valence-electron chi connectivity index (χ1n) is 1.58. The van der Waals surface area contributed by atoms with Gasteiger partial charge in [-0.05, 0) is 0 Å². The maximum atomic E-state index is 9.91. The quantitative estimate of drug-likeness (QED) is 0.386. The topological polar surface area (TPSA) is 133 Å². The van der Waals surface area contributed by atoms with Crippen molar-refractivity contribution in [1.29, 1.82) is 0 Å². The lowest BCUT2D eigenvalue weighted by Crippen LogP contribution is -2.18. The highest BCUT2D eigenvalue weighted by molar-refractivity contribution is 7.94. The van der Waals surface area contributed by atoms with Crippen LogP contribution in [0.15, 0.2) is 0 Å². The van der Waals surface area contributed by atoms with Crippen LogP contribution in [0.5, 0.6) is 0 Å². The molecule has 0 aliphatic heterocycles. The van der Waals surface area contributed by atoms with Crippen molar-refractivity contribution in [2.75, 3.05) is 0 Å². The predicted molar refractivity (Wildman–Crippen MR) is 26.8 cm³/mol. The molecule has 10 heavy (non-hydrogen) atoms. The summed E-state index contributed by atoms with van der Waals surface area (Å²) in [5, 5.41) is 0. The zero-order valence-electron chi connectivity index (χ0n) is 4.29. The zero-order chi connectivity index (χ0) is 8.41. The van der Waals surface area contributed by atoms with E-state index < -0.39 is 20.8 Å². The molecule has 0 aromatic rings. The molecule has 62 valence electrons. The van der Waals surface area contributed by atoms with Gasteiger partial charge in [0.15, 0.2) is 0 Å². The van der Waals surface area contributed by atoms with E-state index in [1.165, 1.54) is 0 Å². The van der Waals surface area contributed by atoms with E-state index in [9.17, 15) is 16.8 Å². The largest absolute Gasteiger partial charge is 0.432 e. The molecule has 0 unspecified atom stereocenters. The molecule has 0 bridgehead atoms. The fourth-order valence-corrected chi connectivity index (χ4v) is 1.09. The second-order valence-electron chi connectivity index (χ2n) is 1.00. The van der Waals surface area contributed by atoms with Gasteiger partial charge in [0.05, 0.1) is 0 Å². The maximum absolute atomic E-state index is 9.91. The molecule has 8 nitrogen and oxygen atoms in total. The Hall–Kier alpha value is -0.260. The smallest absolute Gasteiger partial charge is 0.263 e. The van der Waals surface area contributed by atoms with Gasteiger partial charge in [-0.1, -0.05) is 3.63 Å². The molecule has 0 aliphatic carbocycles. The minimum Gasteiger partial charge on any atom is -0.263 e. The van der Waals surface area contributed by atoms with Crippen molar-refractivity contribution < 1.29 is 29.3 Å². The van der Waals surface area contributed by atoms with Gasteiger partial charge in [0.2, 0.25) is 0 Å². The lowest BCUT2D eigenvalue weighted by molar-refractivity contribution is 0.272. The van der Waals surface area contributed by atoms with E-state index in [2.05, 4.69) is 13.8 Å². The molecule has 10 heteroatoms. The first-order chi connectivity index (χ1) is 4.27. The van der Waals surface area contributed by atoms with E-state index in [1.54, 1.807) is 0 Å². The Balaban J connectivity index is 4.49. The molecule has 0 amide bonds. The number of hydrogen-bond acceptors (Lipinski definition) is 7. The number of hydrogen-bond donors (Lipinski definition) is 2. The first kappa shape index (κ1) is 9.74. The van der Waals surface area contributed by atoms with E-state index in [-0.39, 0.29) is 0 Å². The number of rotatable bonds is 3. The van der Waals surface area contributed by atoms with Crippen LogP contribution in [0.1, 0.15) is 0 Å². The summed E-state index contributed by atoms with van der Waals surface area (Å²) in [6.45, 7) is 0. The summed E-state index contributed by atoms with van der Waals surface area (Å²) >= 11 is 0. The molecule has 0 radical (unpaired) electrons. The van der Waals surface area contributed by atoms with Crippen molar-refractivity contribution in [3.8, 4) is 0 Å². The third-order valence-electron chi connectivity index (χ3n) is 0.287. The third kappa shape index (κ3) is 4.60. The fraction of sp³-hybridized carbons (Fsp3) is 0. The Bertz CT molecular complexity index is 280. The molecule has 0 spiro atoms. The minimum absolute atomic E-state index is 2.93. The Morgan fingerprint density at radius 1 is 1.20 bits per heavy atom. The summed E-state index contributed by atoms with van der Waals surface area (Å²) in [6.07, 6.45) is 0. The van der Waals surface area contributed by atoms with E-state index in [0.29, 0.717) is 0 Å². The lowest BCUT2D eigenvalue weighted by Gasteiger charge is -1.94. The van der Waals surface area contributed by atoms with Crippen LogP contribution in [0, 0.1) is 0 Å². The van der Waals surface area contributed by atoms with Crippen LogP contribution in [0.3, 0.4) is 0 Å². The van der Waals surface area contributed by atoms with Gasteiger partial charge >= 0.3 is 20.8 Å². The SMILES string of the molecule is NOS(=O)(=O)OS(=O)(=O)O. The zero-order valence-corrected chi connectivity index (χ0v) is 5.92. The van der Waals surface area contributed by atoms with Crippen LogP contribution in [0.25, 0.3) is 0 Å². The molecule has 0 aliphatic rings. The van der Waals surface area contributed by atoms with Crippen LogP contribution in [-0.2, 0) is 28.7 Å². The van der Waals surface area contributed by atoms with Gasteiger partial charge < -0.3 is 0 Å². The molecule has 0 saturated carbocycles. The third-order valence-corrected chi connectivity index (χ3v) is 1.88. The summed E-state index contributed by atoms with van der Waals surface area (Å²) in [7, 11) is -9.92. The highest BCUT2D eigenvalue weighted by atomic mass is 32.3. The standard InChI is InChI=1S/H3NO7S2/c1-7-10(5,6)8-9(2,3)4/h1H2,(H,2,3,4). The van der Waals surface area contributed by atoms with Crippen molar-refractivity contribution in [1.82, 2.24) is 0 Å². The van der Waals surface area contributed by atoms with Crippen LogP contribution in [-0.4, -0.2) is 21.4 Å². The first-order valence-corrected chi connectivity index (χ1v) is 4.28. The normalized spacial score (nSPS) is 13.4. The molecular formula is H3NO7S2. The average molecular weight is 193 g/mol. The summed E-state index contributed by atoms with van der Waals surface area (Å²) < 4.78 is 52.7. The van der Waals surface area contributed by atoms with Gasteiger partial charge in [0.1, 0.15) is 0 Å². The lowest BCUT2D eigenvalue weighted by atomic mass is 13.6. The summed E-state index contributed by atoms with van der Waals surface area (Å²) in [6, 6.07) is 0. The molecule has 0 rings (SSSR count). The second-order valence-corrected chi connectivity index (χ2v) is 3.41. The second kappa shape index (κ2) is 2.77. The minimum atomic E-state index is -5.09.